The van der Waals surface area contributed by atoms with Gasteiger partial charge in [0.2, 0.25) is 5.91 Å². The third kappa shape index (κ3) is 3.46. The molecule has 0 radical (unpaired) electrons. The SMILES string of the molecule is O=C(Cn1cccc([N+](=O)[O-])c1=O)NC1CCC2(CC1)OCCO2. The van der Waals surface area contributed by atoms with Crippen LogP contribution in [0.15, 0.2) is 23.1 Å². The van der Waals surface area contributed by atoms with E-state index in [1.807, 2.05) is 0 Å². The average Bonchev–Trinajstić information content (AvgIpc) is 3.00. The number of ether oxygens (including phenoxy) is 2. The molecule has 1 aliphatic heterocycles. The number of aromatic nitrogens is 1. The second-order valence-corrected chi connectivity index (χ2v) is 6.03. The zero-order valence-electron chi connectivity index (χ0n) is 13.1. The molecule has 1 aromatic rings. The molecular weight excluding hydrogens is 318 g/mol. The van der Waals surface area contributed by atoms with E-state index in [4.69, 9.17) is 9.47 Å². The molecule has 1 saturated heterocycles. The molecule has 24 heavy (non-hydrogen) atoms. The molecular formula is C15H19N3O6. The van der Waals surface area contributed by atoms with Gasteiger partial charge in [0.15, 0.2) is 5.79 Å². The molecule has 0 bridgehead atoms. The zero-order chi connectivity index (χ0) is 17.2. The van der Waals surface area contributed by atoms with Crippen LogP contribution in [0.25, 0.3) is 0 Å². The van der Waals surface area contributed by atoms with Gasteiger partial charge in [-0.15, -0.1) is 0 Å². The maximum atomic E-state index is 12.1. The summed E-state index contributed by atoms with van der Waals surface area (Å²) in [5.74, 6) is -0.829. The van der Waals surface area contributed by atoms with Gasteiger partial charge in [-0.05, 0) is 18.9 Å². The van der Waals surface area contributed by atoms with Gasteiger partial charge in [0.1, 0.15) is 6.54 Å². The smallest absolute Gasteiger partial charge is 0.334 e. The number of hydrogen-bond acceptors (Lipinski definition) is 6. The predicted octanol–water partition coefficient (Wildman–Crippen LogP) is 0.558. The Morgan fingerprint density at radius 3 is 2.67 bits per heavy atom. The monoisotopic (exact) mass is 337 g/mol. The van der Waals surface area contributed by atoms with Crippen molar-refractivity contribution in [2.45, 2.75) is 44.1 Å². The highest BCUT2D eigenvalue weighted by Gasteiger charge is 2.40. The van der Waals surface area contributed by atoms with Crippen LogP contribution < -0.4 is 10.9 Å². The summed E-state index contributed by atoms with van der Waals surface area (Å²) < 4.78 is 12.3. The molecule has 1 saturated carbocycles. The topological polar surface area (TPSA) is 113 Å². The van der Waals surface area contributed by atoms with Crippen molar-refractivity contribution in [3.05, 3.63) is 38.8 Å². The van der Waals surface area contributed by atoms with E-state index in [0.29, 0.717) is 26.1 Å². The summed E-state index contributed by atoms with van der Waals surface area (Å²) in [6.07, 6.45) is 4.26. The van der Waals surface area contributed by atoms with E-state index in [2.05, 4.69) is 5.32 Å². The first kappa shape index (κ1) is 16.6. The van der Waals surface area contributed by atoms with Crippen molar-refractivity contribution in [1.29, 1.82) is 0 Å². The Balaban J connectivity index is 1.56. The van der Waals surface area contributed by atoms with Gasteiger partial charge in [-0.1, -0.05) is 0 Å². The first-order valence-electron chi connectivity index (χ1n) is 7.90. The quantitative estimate of drug-likeness (QED) is 0.634. The van der Waals surface area contributed by atoms with Crippen LogP contribution in [-0.2, 0) is 20.8 Å². The Morgan fingerprint density at radius 1 is 1.38 bits per heavy atom. The number of carbonyl (C=O) groups is 1. The lowest BCUT2D eigenvalue weighted by atomic mass is 9.90. The Hall–Kier alpha value is -2.26. The molecule has 0 aromatic carbocycles. The molecule has 0 atom stereocenters. The predicted molar refractivity (Wildman–Crippen MR) is 82.4 cm³/mol. The van der Waals surface area contributed by atoms with Crippen molar-refractivity contribution in [2.24, 2.45) is 0 Å². The summed E-state index contributed by atoms with van der Waals surface area (Å²) in [4.78, 5) is 34.1. The van der Waals surface area contributed by atoms with Crippen LogP contribution in [-0.4, -0.2) is 40.4 Å². The second kappa shape index (κ2) is 6.70. The summed E-state index contributed by atoms with van der Waals surface area (Å²) in [6, 6.07) is 2.50. The molecule has 2 aliphatic rings. The van der Waals surface area contributed by atoms with E-state index in [-0.39, 0.29) is 18.5 Å². The maximum absolute atomic E-state index is 12.1. The van der Waals surface area contributed by atoms with Crippen LogP contribution in [0.1, 0.15) is 25.7 Å². The fourth-order valence-electron chi connectivity index (χ4n) is 3.20. The number of hydrogen-bond donors (Lipinski definition) is 1. The molecule has 9 heteroatoms. The number of nitro groups is 1. The molecule has 130 valence electrons. The summed E-state index contributed by atoms with van der Waals surface area (Å²) in [5, 5.41) is 13.6. The van der Waals surface area contributed by atoms with Gasteiger partial charge in [0, 0.05) is 31.1 Å². The summed E-state index contributed by atoms with van der Waals surface area (Å²) in [6.45, 7) is 0.967. The van der Waals surface area contributed by atoms with Crippen LogP contribution in [0.4, 0.5) is 5.69 Å². The standard InChI is InChI=1S/C15H19N3O6/c19-13(10-17-7-1-2-12(14(17)20)18(21)22)16-11-3-5-15(6-4-11)23-8-9-24-15/h1-2,7,11H,3-6,8-10H2,(H,16,19). The second-order valence-electron chi connectivity index (χ2n) is 6.03. The highest BCUT2D eigenvalue weighted by Crippen LogP contribution is 2.35. The minimum Gasteiger partial charge on any atom is -0.352 e. The molecule has 1 N–H and O–H groups in total. The Morgan fingerprint density at radius 2 is 2.04 bits per heavy atom. The highest BCUT2D eigenvalue weighted by molar-refractivity contribution is 5.76. The summed E-state index contributed by atoms with van der Waals surface area (Å²) in [7, 11) is 0. The molecule has 2 fully saturated rings. The number of pyridine rings is 1. The third-order valence-corrected chi connectivity index (χ3v) is 4.44. The third-order valence-electron chi connectivity index (χ3n) is 4.44. The first-order chi connectivity index (χ1) is 11.5. The number of amides is 1. The van der Waals surface area contributed by atoms with Crippen molar-refractivity contribution < 1.29 is 19.2 Å². The zero-order valence-corrected chi connectivity index (χ0v) is 13.1. The van der Waals surface area contributed by atoms with Crippen LogP contribution in [0, 0.1) is 10.1 Å². The van der Waals surface area contributed by atoms with E-state index in [0.717, 1.165) is 23.5 Å². The largest absolute Gasteiger partial charge is 0.352 e. The van der Waals surface area contributed by atoms with Gasteiger partial charge in [0.25, 0.3) is 0 Å². The van der Waals surface area contributed by atoms with Crippen molar-refractivity contribution in [1.82, 2.24) is 9.88 Å². The van der Waals surface area contributed by atoms with Gasteiger partial charge in [-0.3, -0.25) is 19.7 Å². The Kier molecular flexibility index (Phi) is 4.63. The normalized spacial score (nSPS) is 20.2. The molecule has 1 aromatic heterocycles. The molecule has 1 spiro atoms. The molecule has 1 amide bonds. The van der Waals surface area contributed by atoms with Crippen molar-refractivity contribution in [2.75, 3.05) is 13.2 Å². The number of nitrogens with zero attached hydrogens (tertiary/aromatic N) is 2. The van der Waals surface area contributed by atoms with Crippen molar-refractivity contribution in [3.63, 3.8) is 0 Å². The van der Waals surface area contributed by atoms with E-state index in [9.17, 15) is 19.7 Å². The van der Waals surface area contributed by atoms with Crippen molar-refractivity contribution in [3.8, 4) is 0 Å². The van der Waals surface area contributed by atoms with Crippen LogP contribution in [0.5, 0.6) is 0 Å². The first-order valence-corrected chi connectivity index (χ1v) is 7.90. The lowest BCUT2D eigenvalue weighted by Gasteiger charge is -2.35. The molecule has 0 unspecified atom stereocenters. The molecule has 1 aliphatic carbocycles. The van der Waals surface area contributed by atoms with E-state index >= 15 is 0 Å². The van der Waals surface area contributed by atoms with Crippen LogP contribution in [0.2, 0.25) is 0 Å². The number of nitrogens with one attached hydrogen (secondary N) is 1. The number of carbonyl (C=O) groups excluding carboxylic acids is 1. The van der Waals surface area contributed by atoms with E-state index < -0.39 is 22.0 Å². The fraction of sp³-hybridized carbons (Fsp3) is 0.600. The fourth-order valence-corrected chi connectivity index (χ4v) is 3.20. The van der Waals surface area contributed by atoms with E-state index in [1.165, 1.54) is 12.3 Å². The van der Waals surface area contributed by atoms with Gasteiger partial charge >= 0.3 is 11.2 Å². The Labute approximate surface area is 137 Å². The molecule has 9 nitrogen and oxygen atoms in total. The Bertz CT molecular complexity index is 685. The lowest BCUT2D eigenvalue weighted by molar-refractivity contribution is -0.386. The van der Waals surface area contributed by atoms with Crippen LogP contribution in [0.3, 0.4) is 0 Å². The van der Waals surface area contributed by atoms with E-state index in [1.54, 1.807) is 0 Å². The minimum absolute atomic E-state index is 0.00896. The highest BCUT2D eigenvalue weighted by atomic mass is 16.7. The average molecular weight is 337 g/mol. The summed E-state index contributed by atoms with van der Waals surface area (Å²) in [5.41, 5.74) is -1.33. The number of rotatable bonds is 4. The van der Waals surface area contributed by atoms with Crippen molar-refractivity contribution >= 4 is 11.6 Å². The molecule has 2 heterocycles. The summed E-state index contributed by atoms with van der Waals surface area (Å²) >= 11 is 0. The lowest BCUT2D eigenvalue weighted by Crippen LogP contribution is -2.45. The van der Waals surface area contributed by atoms with Gasteiger partial charge in [-0.25, -0.2) is 0 Å². The minimum atomic E-state index is -0.784. The maximum Gasteiger partial charge on any atom is 0.334 e. The van der Waals surface area contributed by atoms with Crippen LogP contribution >= 0.6 is 0 Å². The molecule has 3 rings (SSSR count). The van der Waals surface area contributed by atoms with Gasteiger partial charge < -0.3 is 19.4 Å². The van der Waals surface area contributed by atoms with Gasteiger partial charge in [-0.2, -0.15) is 0 Å². The van der Waals surface area contributed by atoms with Gasteiger partial charge in [0.05, 0.1) is 18.1 Å².